The van der Waals surface area contributed by atoms with E-state index in [-0.39, 0.29) is 29.0 Å². The largest absolute Gasteiger partial charge is 0.444 e. The van der Waals surface area contributed by atoms with Crippen molar-refractivity contribution in [2.24, 2.45) is 0 Å². The highest BCUT2D eigenvalue weighted by molar-refractivity contribution is 6.11. The zero-order valence-corrected chi connectivity index (χ0v) is 18.7. The summed E-state index contributed by atoms with van der Waals surface area (Å²) < 4.78 is 20.0. The molecule has 0 radical (unpaired) electrons. The summed E-state index contributed by atoms with van der Waals surface area (Å²) in [5.74, 6) is -1.04. The molecule has 3 aromatic rings. The van der Waals surface area contributed by atoms with Crippen molar-refractivity contribution in [2.75, 3.05) is 24.1 Å². The number of nitrogens with one attached hydrogen (secondary N) is 1. The SMILES string of the molecule is CC(C)(C)OC(=O)N1CCC(c2ccncc2NC(=O)c2c(N)nn3cc(F)cnc23)CC1. The number of amides is 2. The number of pyridine rings is 1. The molecule has 33 heavy (non-hydrogen) atoms. The van der Waals surface area contributed by atoms with Crippen molar-refractivity contribution < 1.29 is 18.7 Å². The van der Waals surface area contributed by atoms with Crippen molar-refractivity contribution in [3.63, 3.8) is 0 Å². The van der Waals surface area contributed by atoms with Crippen molar-refractivity contribution >= 4 is 29.2 Å². The number of carbonyl (C=O) groups excluding carboxylic acids is 2. The van der Waals surface area contributed by atoms with E-state index < -0.39 is 17.3 Å². The van der Waals surface area contributed by atoms with Gasteiger partial charge in [-0.05, 0) is 51.2 Å². The minimum Gasteiger partial charge on any atom is -0.444 e. The van der Waals surface area contributed by atoms with Crippen LogP contribution in [-0.2, 0) is 4.74 Å². The molecule has 2 amide bonds. The lowest BCUT2D eigenvalue weighted by Gasteiger charge is -2.34. The third-order valence-electron chi connectivity index (χ3n) is 5.38. The van der Waals surface area contributed by atoms with Crippen LogP contribution >= 0.6 is 0 Å². The fraction of sp³-hybridized carbons (Fsp3) is 0.409. The van der Waals surface area contributed by atoms with Crippen molar-refractivity contribution in [3.05, 3.63) is 47.8 Å². The minimum atomic E-state index is -0.593. The zero-order chi connectivity index (χ0) is 23.8. The van der Waals surface area contributed by atoms with E-state index in [4.69, 9.17) is 10.5 Å². The molecule has 3 N–H and O–H groups in total. The molecule has 3 aromatic heterocycles. The highest BCUT2D eigenvalue weighted by Crippen LogP contribution is 2.33. The quantitative estimate of drug-likeness (QED) is 0.621. The average Bonchev–Trinajstić information content (AvgIpc) is 3.08. The molecule has 1 fully saturated rings. The molecule has 0 bridgehead atoms. The maximum absolute atomic E-state index is 13.4. The summed E-state index contributed by atoms with van der Waals surface area (Å²) in [4.78, 5) is 35.2. The van der Waals surface area contributed by atoms with Gasteiger partial charge in [-0.2, -0.15) is 0 Å². The Bertz CT molecular complexity index is 1200. The average molecular weight is 455 g/mol. The van der Waals surface area contributed by atoms with E-state index in [9.17, 15) is 14.0 Å². The first-order valence-electron chi connectivity index (χ1n) is 10.6. The molecule has 0 unspecified atom stereocenters. The topological polar surface area (TPSA) is 128 Å². The van der Waals surface area contributed by atoms with Crippen LogP contribution in [0.3, 0.4) is 0 Å². The molecule has 0 aliphatic carbocycles. The van der Waals surface area contributed by atoms with Crippen LogP contribution in [0.5, 0.6) is 0 Å². The molecule has 0 spiro atoms. The van der Waals surface area contributed by atoms with Crippen molar-refractivity contribution in [2.45, 2.75) is 45.1 Å². The molecule has 1 saturated heterocycles. The molecule has 1 aliphatic rings. The second kappa shape index (κ2) is 8.64. The predicted molar refractivity (Wildman–Crippen MR) is 119 cm³/mol. The first kappa shape index (κ1) is 22.4. The maximum atomic E-state index is 13.4. The Hall–Kier alpha value is -3.76. The number of likely N-dealkylation sites (tertiary alicyclic amines) is 1. The predicted octanol–water partition coefficient (Wildman–Crippen LogP) is 3.21. The van der Waals surface area contributed by atoms with E-state index in [2.05, 4.69) is 20.4 Å². The fourth-order valence-corrected chi connectivity index (χ4v) is 3.90. The van der Waals surface area contributed by atoms with Gasteiger partial charge in [-0.15, -0.1) is 5.10 Å². The van der Waals surface area contributed by atoms with Gasteiger partial charge in [0.1, 0.15) is 11.2 Å². The monoisotopic (exact) mass is 455 g/mol. The molecule has 4 rings (SSSR count). The second-order valence-corrected chi connectivity index (χ2v) is 8.96. The Balaban J connectivity index is 1.50. The number of rotatable bonds is 3. The van der Waals surface area contributed by atoms with E-state index >= 15 is 0 Å². The third-order valence-corrected chi connectivity index (χ3v) is 5.38. The Morgan fingerprint density at radius 2 is 1.97 bits per heavy atom. The summed E-state index contributed by atoms with van der Waals surface area (Å²) in [5.41, 5.74) is 7.03. The standard InChI is InChI=1S/C22H26FN7O3/c1-22(2,3)33-21(32)29-8-5-13(6-9-29)15-4-7-25-11-16(15)27-20(31)17-18(24)28-30-12-14(23)10-26-19(17)30/h4,7,10-13H,5-6,8-9H2,1-3H3,(H2,24,28)(H,27,31). The molecule has 0 aromatic carbocycles. The van der Waals surface area contributed by atoms with E-state index in [0.717, 1.165) is 22.5 Å². The lowest BCUT2D eigenvalue weighted by atomic mass is 9.89. The van der Waals surface area contributed by atoms with E-state index in [1.165, 1.54) is 0 Å². The number of nitrogens with zero attached hydrogens (tertiary/aromatic N) is 5. The summed E-state index contributed by atoms with van der Waals surface area (Å²) in [5, 5.41) is 6.81. The van der Waals surface area contributed by atoms with Gasteiger partial charge < -0.3 is 20.7 Å². The van der Waals surface area contributed by atoms with Crippen LogP contribution in [0.4, 0.5) is 20.7 Å². The molecule has 0 saturated carbocycles. The third kappa shape index (κ3) is 4.86. The molecule has 10 nitrogen and oxygen atoms in total. The van der Waals surface area contributed by atoms with Crippen LogP contribution in [0.15, 0.2) is 30.9 Å². The van der Waals surface area contributed by atoms with Gasteiger partial charge in [0.2, 0.25) is 0 Å². The van der Waals surface area contributed by atoms with E-state index in [1.807, 2.05) is 26.8 Å². The van der Waals surface area contributed by atoms with Crippen LogP contribution < -0.4 is 11.1 Å². The Kier molecular flexibility index (Phi) is 5.88. The highest BCUT2D eigenvalue weighted by atomic mass is 19.1. The smallest absolute Gasteiger partial charge is 0.410 e. The number of hydrogen-bond acceptors (Lipinski definition) is 7. The number of halogens is 1. The number of piperidine rings is 1. The lowest BCUT2D eigenvalue weighted by molar-refractivity contribution is 0.0205. The molecular weight excluding hydrogens is 429 g/mol. The number of nitrogen functional groups attached to an aromatic ring is 1. The van der Waals surface area contributed by atoms with Crippen molar-refractivity contribution in [1.29, 1.82) is 0 Å². The number of hydrogen-bond donors (Lipinski definition) is 2. The number of carbonyl (C=O) groups is 2. The van der Waals surface area contributed by atoms with Crippen molar-refractivity contribution in [1.82, 2.24) is 24.5 Å². The number of aromatic nitrogens is 4. The van der Waals surface area contributed by atoms with Gasteiger partial charge in [0.15, 0.2) is 17.3 Å². The van der Waals surface area contributed by atoms with E-state index in [0.29, 0.717) is 31.6 Å². The zero-order valence-electron chi connectivity index (χ0n) is 18.7. The summed E-state index contributed by atoms with van der Waals surface area (Å²) in [6.07, 6.45) is 6.45. The first-order chi connectivity index (χ1) is 15.6. The van der Waals surface area contributed by atoms with Gasteiger partial charge in [0.05, 0.1) is 24.3 Å². The Morgan fingerprint density at radius 3 is 2.67 bits per heavy atom. The molecule has 1 aliphatic heterocycles. The molecule has 11 heteroatoms. The summed E-state index contributed by atoms with van der Waals surface area (Å²) in [7, 11) is 0. The van der Waals surface area contributed by atoms with Crippen LogP contribution in [0.25, 0.3) is 5.65 Å². The van der Waals surface area contributed by atoms with Gasteiger partial charge >= 0.3 is 6.09 Å². The molecule has 174 valence electrons. The van der Waals surface area contributed by atoms with Gasteiger partial charge in [0.25, 0.3) is 5.91 Å². The van der Waals surface area contributed by atoms with Gasteiger partial charge in [-0.3, -0.25) is 9.78 Å². The number of anilines is 2. The number of ether oxygens (including phenoxy) is 1. The van der Waals surface area contributed by atoms with Crippen LogP contribution in [-0.4, -0.2) is 55.2 Å². The Labute approximate surface area is 189 Å². The molecular formula is C22H26FN7O3. The second-order valence-electron chi connectivity index (χ2n) is 8.96. The fourth-order valence-electron chi connectivity index (χ4n) is 3.90. The summed E-state index contributed by atoms with van der Waals surface area (Å²) in [6, 6.07) is 1.86. The van der Waals surface area contributed by atoms with E-state index in [1.54, 1.807) is 17.3 Å². The lowest BCUT2D eigenvalue weighted by Crippen LogP contribution is -2.41. The normalized spacial score (nSPS) is 15.0. The summed E-state index contributed by atoms with van der Waals surface area (Å²) >= 11 is 0. The van der Waals surface area contributed by atoms with Gasteiger partial charge in [-0.1, -0.05) is 0 Å². The van der Waals surface area contributed by atoms with Crippen LogP contribution in [0.1, 0.15) is 55.5 Å². The first-order valence-corrected chi connectivity index (χ1v) is 10.6. The molecule has 4 heterocycles. The van der Waals surface area contributed by atoms with Gasteiger partial charge in [0, 0.05) is 19.3 Å². The number of fused-ring (bicyclic) bond motifs is 1. The number of nitrogens with two attached hydrogens (primary N) is 1. The summed E-state index contributed by atoms with van der Waals surface area (Å²) in [6.45, 7) is 6.61. The molecule has 0 atom stereocenters. The van der Waals surface area contributed by atoms with Gasteiger partial charge in [-0.25, -0.2) is 18.7 Å². The van der Waals surface area contributed by atoms with Crippen LogP contribution in [0, 0.1) is 5.82 Å². The van der Waals surface area contributed by atoms with Crippen molar-refractivity contribution in [3.8, 4) is 0 Å². The minimum absolute atomic E-state index is 0.0540. The highest BCUT2D eigenvalue weighted by Gasteiger charge is 2.29. The Morgan fingerprint density at radius 1 is 1.24 bits per heavy atom. The maximum Gasteiger partial charge on any atom is 0.410 e. The van der Waals surface area contributed by atoms with Crippen LogP contribution in [0.2, 0.25) is 0 Å².